The Labute approximate surface area is 245 Å². The van der Waals surface area contributed by atoms with Gasteiger partial charge in [-0.1, -0.05) is 29.8 Å². The van der Waals surface area contributed by atoms with Crippen LogP contribution in [0.3, 0.4) is 0 Å². The Bertz CT molecular complexity index is 1300. The third-order valence-corrected chi connectivity index (χ3v) is 7.25. The predicted molar refractivity (Wildman–Crippen MR) is 156 cm³/mol. The largest absolute Gasteiger partial charge is 0.490 e. The zero-order valence-corrected chi connectivity index (χ0v) is 23.8. The summed E-state index contributed by atoms with van der Waals surface area (Å²) >= 11 is 6.15. The van der Waals surface area contributed by atoms with E-state index in [4.69, 9.17) is 25.8 Å². The minimum absolute atomic E-state index is 0.0427. The van der Waals surface area contributed by atoms with E-state index < -0.39 is 0 Å². The van der Waals surface area contributed by atoms with Crippen molar-refractivity contribution in [2.24, 2.45) is 5.92 Å². The molecule has 0 aromatic heterocycles. The number of carbonyl (C=O) groups is 3. The van der Waals surface area contributed by atoms with Crippen LogP contribution >= 0.6 is 11.6 Å². The Morgan fingerprint density at radius 2 is 1.34 bits per heavy atom. The molecule has 8 nitrogen and oxygen atoms in total. The molecular formula is C32H35ClN2O6. The fraction of sp³-hybridized carbons (Fsp3) is 0.344. The summed E-state index contributed by atoms with van der Waals surface area (Å²) in [6.07, 6.45) is 3.13. The van der Waals surface area contributed by atoms with Crippen LogP contribution in [0.15, 0.2) is 72.8 Å². The van der Waals surface area contributed by atoms with Gasteiger partial charge < -0.3 is 24.8 Å². The number of rotatable bonds is 12. The van der Waals surface area contributed by atoms with Gasteiger partial charge in [0.1, 0.15) is 18.1 Å². The smallest absolute Gasteiger partial charge is 0.308 e. The van der Waals surface area contributed by atoms with Gasteiger partial charge in [0.2, 0.25) is 0 Å². The van der Waals surface area contributed by atoms with Gasteiger partial charge in [-0.15, -0.1) is 0 Å². The second kappa shape index (κ2) is 15.1. The minimum atomic E-state index is -0.241. The molecule has 1 saturated carbocycles. The van der Waals surface area contributed by atoms with Gasteiger partial charge in [0.05, 0.1) is 18.6 Å². The first-order chi connectivity index (χ1) is 19.9. The number of carbonyl (C=O) groups excluding carboxylic acids is 3. The fourth-order valence-electron chi connectivity index (χ4n) is 4.59. The molecule has 0 unspecified atom stereocenters. The molecule has 0 spiro atoms. The lowest BCUT2D eigenvalue weighted by molar-refractivity contribution is -0.149. The van der Waals surface area contributed by atoms with Gasteiger partial charge in [-0.05, 0) is 87.2 Å². The van der Waals surface area contributed by atoms with Gasteiger partial charge in [0.15, 0.2) is 0 Å². The predicted octanol–water partition coefficient (Wildman–Crippen LogP) is 5.58. The number of amides is 2. The first-order valence-electron chi connectivity index (χ1n) is 13.9. The highest BCUT2D eigenvalue weighted by molar-refractivity contribution is 6.31. The second-order valence-electron chi connectivity index (χ2n) is 9.78. The number of nitrogens with one attached hydrogen (secondary N) is 2. The van der Waals surface area contributed by atoms with Crippen LogP contribution in [0.1, 0.15) is 58.9 Å². The molecule has 1 aliphatic carbocycles. The molecule has 0 aliphatic heterocycles. The monoisotopic (exact) mass is 578 g/mol. The van der Waals surface area contributed by atoms with E-state index in [0.717, 1.165) is 31.2 Å². The molecule has 0 radical (unpaired) electrons. The number of hydrogen-bond acceptors (Lipinski definition) is 6. The summed E-state index contributed by atoms with van der Waals surface area (Å²) < 4.78 is 16.9. The average molecular weight is 579 g/mol. The van der Waals surface area contributed by atoms with Gasteiger partial charge in [0, 0.05) is 34.8 Å². The van der Waals surface area contributed by atoms with E-state index in [1.807, 2.05) is 31.2 Å². The first-order valence-corrected chi connectivity index (χ1v) is 14.3. The standard InChI is InChI=1S/C32H35ClN2O6/c1-2-39-32(38)24-11-17-28(18-12-24)41-27-15-9-23(10-16-27)31(37)35-20-19-34-30(36)22-7-13-26(14-8-22)40-21-25-5-3-4-6-29(25)33/h3-10,13-16,24,28H,2,11-12,17-21H2,1H3,(H,34,36)(H,35,37). The molecule has 41 heavy (non-hydrogen) atoms. The zero-order chi connectivity index (χ0) is 29.0. The Morgan fingerprint density at radius 1 is 0.780 bits per heavy atom. The van der Waals surface area contributed by atoms with Crippen molar-refractivity contribution in [1.29, 1.82) is 0 Å². The lowest BCUT2D eigenvalue weighted by atomic mass is 9.87. The first kappa shape index (κ1) is 29.9. The van der Waals surface area contributed by atoms with Crippen molar-refractivity contribution in [3.63, 3.8) is 0 Å². The summed E-state index contributed by atoms with van der Waals surface area (Å²) in [5, 5.41) is 6.25. The lowest BCUT2D eigenvalue weighted by Crippen LogP contribution is -2.34. The van der Waals surface area contributed by atoms with Crippen LogP contribution in [0, 0.1) is 5.92 Å². The Hall–Kier alpha value is -4.04. The number of hydrogen-bond donors (Lipinski definition) is 2. The molecular weight excluding hydrogens is 544 g/mol. The molecule has 2 amide bonds. The van der Waals surface area contributed by atoms with Crippen LogP contribution in [0.2, 0.25) is 5.02 Å². The van der Waals surface area contributed by atoms with Crippen LogP contribution in [-0.4, -0.2) is 43.6 Å². The maximum atomic E-state index is 12.5. The molecule has 3 aromatic rings. The SMILES string of the molecule is CCOC(=O)C1CCC(Oc2ccc(C(=O)NCCNC(=O)c3ccc(OCc4ccccc4Cl)cc3)cc2)CC1. The molecule has 0 bridgehead atoms. The molecule has 4 rings (SSSR count). The van der Waals surface area contributed by atoms with Gasteiger partial charge >= 0.3 is 5.97 Å². The van der Waals surface area contributed by atoms with Crippen LogP contribution < -0.4 is 20.1 Å². The molecule has 2 N–H and O–H groups in total. The van der Waals surface area contributed by atoms with Crippen molar-refractivity contribution in [3.05, 3.63) is 94.5 Å². The lowest BCUT2D eigenvalue weighted by Gasteiger charge is -2.27. The summed E-state index contributed by atoms with van der Waals surface area (Å²) in [5.74, 6) is 0.679. The van der Waals surface area contributed by atoms with Gasteiger partial charge in [-0.3, -0.25) is 14.4 Å². The molecule has 216 valence electrons. The number of benzene rings is 3. The zero-order valence-electron chi connectivity index (χ0n) is 23.1. The molecule has 0 saturated heterocycles. The van der Waals surface area contributed by atoms with E-state index in [1.165, 1.54) is 0 Å². The molecule has 0 atom stereocenters. The fourth-order valence-corrected chi connectivity index (χ4v) is 4.78. The third kappa shape index (κ3) is 8.98. The highest BCUT2D eigenvalue weighted by atomic mass is 35.5. The van der Waals surface area contributed by atoms with E-state index >= 15 is 0 Å². The van der Waals surface area contributed by atoms with Crippen LogP contribution in [0.5, 0.6) is 11.5 Å². The van der Waals surface area contributed by atoms with Crippen LogP contribution in [0.25, 0.3) is 0 Å². The number of halogens is 1. The van der Waals surface area contributed by atoms with Crippen LogP contribution in [-0.2, 0) is 16.1 Å². The van der Waals surface area contributed by atoms with E-state index in [2.05, 4.69) is 10.6 Å². The summed E-state index contributed by atoms with van der Waals surface area (Å²) in [6.45, 7) is 3.12. The maximum absolute atomic E-state index is 12.5. The van der Waals surface area contributed by atoms with Gasteiger partial charge in [-0.2, -0.15) is 0 Å². The topological polar surface area (TPSA) is 103 Å². The summed E-state index contributed by atoms with van der Waals surface area (Å²) in [5.41, 5.74) is 1.88. The average Bonchev–Trinajstić information content (AvgIpc) is 3.00. The van der Waals surface area contributed by atoms with E-state index in [1.54, 1.807) is 48.5 Å². The normalized spacial score (nSPS) is 16.3. The molecule has 1 fully saturated rings. The minimum Gasteiger partial charge on any atom is -0.490 e. The van der Waals surface area contributed by atoms with Crippen molar-refractivity contribution in [3.8, 4) is 11.5 Å². The maximum Gasteiger partial charge on any atom is 0.308 e. The van der Waals surface area contributed by atoms with E-state index in [-0.39, 0.29) is 42.9 Å². The van der Waals surface area contributed by atoms with Crippen molar-refractivity contribution in [2.45, 2.75) is 45.3 Å². The Balaban J connectivity index is 1.13. The Kier molecular flexibility index (Phi) is 11.0. The third-order valence-electron chi connectivity index (χ3n) is 6.88. The highest BCUT2D eigenvalue weighted by Gasteiger charge is 2.28. The number of ether oxygens (including phenoxy) is 3. The summed E-state index contributed by atoms with van der Waals surface area (Å²) in [6, 6.07) is 21.3. The van der Waals surface area contributed by atoms with Crippen molar-refractivity contribution < 1.29 is 28.6 Å². The summed E-state index contributed by atoms with van der Waals surface area (Å²) in [7, 11) is 0. The quantitative estimate of drug-likeness (QED) is 0.215. The molecule has 3 aromatic carbocycles. The second-order valence-corrected chi connectivity index (χ2v) is 10.2. The van der Waals surface area contributed by atoms with Crippen molar-refractivity contribution >= 4 is 29.4 Å². The van der Waals surface area contributed by atoms with E-state index in [0.29, 0.717) is 40.9 Å². The molecule has 0 heterocycles. The number of esters is 1. The molecule has 1 aliphatic rings. The van der Waals surface area contributed by atoms with Crippen LogP contribution in [0.4, 0.5) is 0 Å². The van der Waals surface area contributed by atoms with Crippen molar-refractivity contribution in [2.75, 3.05) is 19.7 Å². The van der Waals surface area contributed by atoms with Gasteiger partial charge in [0.25, 0.3) is 11.8 Å². The summed E-state index contributed by atoms with van der Waals surface area (Å²) in [4.78, 5) is 36.9. The van der Waals surface area contributed by atoms with E-state index in [9.17, 15) is 14.4 Å². The van der Waals surface area contributed by atoms with Gasteiger partial charge in [-0.25, -0.2) is 0 Å². The van der Waals surface area contributed by atoms with Crippen molar-refractivity contribution in [1.82, 2.24) is 10.6 Å². The Morgan fingerprint density at radius 3 is 1.90 bits per heavy atom. The molecule has 9 heteroatoms. The highest BCUT2D eigenvalue weighted by Crippen LogP contribution is 2.28.